The van der Waals surface area contributed by atoms with Gasteiger partial charge in [-0.1, -0.05) is 6.07 Å². The first-order chi connectivity index (χ1) is 12.1. The van der Waals surface area contributed by atoms with Crippen LogP contribution in [0.15, 0.2) is 30.3 Å². The lowest BCUT2D eigenvalue weighted by Gasteiger charge is -2.42. The number of imide groups is 1. The summed E-state index contributed by atoms with van der Waals surface area (Å²) in [5, 5.41) is 0.976. The maximum atomic E-state index is 13.2. The van der Waals surface area contributed by atoms with Crippen molar-refractivity contribution < 1.29 is 9.59 Å². The fourth-order valence-corrected chi connectivity index (χ4v) is 6.15. The SMILES string of the molecule is Cc1ccc2cc(N3C(=O)[C@@H]4[C@@H]5CC[C@@H]([C@@H]6C[C@@H]65)[C@@H]4C3=O)ccc2n1. The van der Waals surface area contributed by atoms with E-state index in [4.69, 9.17) is 0 Å². The Morgan fingerprint density at radius 2 is 1.60 bits per heavy atom. The molecule has 2 bridgehead atoms. The standard InChI is InChI=1S/C21H20N2O2/c1-10-2-3-11-8-12(4-7-17(11)22-10)23-20(24)18-13-5-6-14(16-9-15(13)16)19(18)21(23)25/h2-4,7-8,13-16,18-19H,5-6,9H2,1H3/t13-,14+,15-,16+,18-,19+. The van der Waals surface area contributed by atoms with E-state index >= 15 is 0 Å². The summed E-state index contributed by atoms with van der Waals surface area (Å²) in [6.07, 6.45) is 3.53. The minimum absolute atomic E-state index is 0.0504. The number of hydrogen-bond acceptors (Lipinski definition) is 3. The van der Waals surface area contributed by atoms with E-state index in [2.05, 4.69) is 4.98 Å². The number of fused-ring (bicyclic) bond motifs is 2. The smallest absolute Gasteiger partial charge is 0.237 e. The molecule has 25 heavy (non-hydrogen) atoms. The molecule has 1 aromatic carbocycles. The van der Waals surface area contributed by atoms with Crippen molar-refractivity contribution in [1.29, 1.82) is 0 Å². The van der Waals surface area contributed by atoms with Gasteiger partial charge in [-0.05, 0) is 74.1 Å². The van der Waals surface area contributed by atoms with Crippen LogP contribution in [0.25, 0.3) is 10.9 Å². The Morgan fingerprint density at radius 1 is 0.920 bits per heavy atom. The van der Waals surface area contributed by atoms with Crippen molar-refractivity contribution in [3.63, 3.8) is 0 Å². The van der Waals surface area contributed by atoms with Gasteiger partial charge in [0.15, 0.2) is 0 Å². The quantitative estimate of drug-likeness (QED) is 0.753. The Hall–Kier alpha value is -2.23. The first kappa shape index (κ1) is 14.0. The molecule has 0 unspecified atom stereocenters. The highest BCUT2D eigenvalue weighted by molar-refractivity contribution is 6.22. The molecular formula is C21H20N2O2. The van der Waals surface area contributed by atoms with Crippen molar-refractivity contribution in [2.24, 2.45) is 35.5 Å². The van der Waals surface area contributed by atoms with Gasteiger partial charge in [0.25, 0.3) is 0 Å². The second-order valence-corrected chi connectivity index (χ2v) is 8.36. The lowest BCUT2D eigenvalue weighted by Crippen LogP contribution is -2.43. The van der Waals surface area contributed by atoms with Crippen molar-refractivity contribution in [3.8, 4) is 0 Å². The number of nitrogens with zero attached hydrogens (tertiary/aromatic N) is 2. The second-order valence-electron chi connectivity index (χ2n) is 8.36. The molecule has 4 aliphatic carbocycles. The van der Waals surface area contributed by atoms with Gasteiger partial charge in [0, 0.05) is 11.1 Å². The first-order valence-electron chi connectivity index (χ1n) is 9.39. The molecule has 1 aliphatic heterocycles. The Bertz CT molecular complexity index is 918. The fourth-order valence-electron chi connectivity index (χ4n) is 6.15. The van der Waals surface area contributed by atoms with E-state index in [-0.39, 0.29) is 23.7 Å². The van der Waals surface area contributed by atoms with Gasteiger partial charge in [0.2, 0.25) is 11.8 Å². The van der Waals surface area contributed by atoms with Crippen LogP contribution in [0.5, 0.6) is 0 Å². The molecule has 4 heteroatoms. The van der Waals surface area contributed by atoms with Crippen LogP contribution < -0.4 is 4.90 Å². The van der Waals surface area contributed by atoms with Gasteiger partial charge in [-0.3, -0.25) is 19.5 Å². The predicted molar refractivity (Wildman–Crippen MR) is 93.8 cm³/mol. The molecule has 2 amide bonds. The number of amides is 2. The second kappa shape index (κ2) is 4.48. The summed E-state index contributed by atoms with van der Waals surface area (Å²) < 4.78 is 0. The van der Waals surface area contributed by atoms with Crippen molar-refractivity contribution in [3.05, 3.63) is 36.0 Å². The fraction of sp³-hybridized carbons (Fsp3) is 0.476. The van der Waals surface area contributed by atoms with Crippen LogP contribution in [0, 0.1) is 42.4 Å². The summed E-state index contributed by atoms with van der Waals surface area (Å²) in [6.45, 7) is 1.96. The van der Waals surface area contributed by atoms with Gasteiger partial charge < -0.3 is 0 Å². The number of carbonyl (C=O) groups is 2. The van der Waals surface area contributed by atoms with E-state index in [0.29, 0.717) is 11.8 Å². The maximum Gasteiger partial charge on any atom is 0.237 e. The Balaban J connectivity index is 1.44. The van der Waals surface area contributed by atoms with E-state index < -0.39 is 0 Å². The van der Waals surface area contributed by atoms with Crippen LogP contribution in [-0.2, 0) is 9.59 Å². The third-order valence-corrected chi connectivity index (χ3v) is 7.22. The van der Waals surface area contributed by atoms with E-state index in [9.17, 15) is 9.59 Å². The normalized spacial score (nSPS) is 38.2. The molecule has 0 spiro atoms. The average molecular weight is 332 g/mol. The molecule has 4 saturated carbocycles. The molecule has 0 N–H and O–H groups in total. The third kappa shape index (κ3) is 1.70. The molecule has 2 aromatic rings. The van der Waals surface area contributed by atoms with Gasteiger partial charge in [-0.25, -0.2) is 0 Å². The Kier molecular flexibility index (Phi) is 2.51. The molecule has 5 aliphatic rings. The van der Waals surface area contributed by atoms with Crippen molar-refractivity contribution in [2.45, 2.75) is 26.2 Å². The molecule has 7 rings (SSSR count). The predicted octanol–water partition coefficient (Wildman–Crippen LogP) is 3.32. The minimum Gasteiger partial charge on any atom is -0.274 e. The minimum atomic E-state index is -0.0539. The number of pyridine rings is 1. The average Bonchev–Trinajstić information content (AvgIpc) is 3.39. The zero-order valence-corrected chi connectivity index (χ0v) is 14.2. The van der Waals surface area contributed by atoms with Gasteiger partial charge in [0.1, 0.15) is 0 Å². The van der Waals surface area contributed by atoms with Crippen molar-refractivity contribution in [2.75, 3.05) is 4.90 Å². The molecule has 1 saturated heterocycles. The monoisotopic (exact) mass is 332 g/mol. The molecule has 6 atom stereocenters. The van der Waals surface area contributed by atoms with Gasteiger partial charge in [-0.2, -0.15) is 0 Å². The van der Waals surface area contributed by atoms with Crippen LogP contribution in [0.3, 0.4) is 0 Å². The van der Waals surface area contributed by atoms with Crippen molar-refractivity contribution >= 4 is 28.4 Å². The van der Waals surface area contributed by atoms with Crippen LogP contribution in [0.1, 0.15) is 25.0 Å². The van der Waals surface area contributed by atoms with Crippen LogP contribution in [0.4, 0.5) is 5.69 Å². The third-order valence-electron chi connectivity index (χ3n) is 7.22. The summed E-state index contributed by atoms with van der Waals surface area (Å²) in [7, 11) is 0. The zero-order chi connectivity index (χ0) is 16.9. The summed E-state index contributed by atoms with van der Waals surface area (Å²) in [5.74, 6) is 2.34. The number of hydrogen-bond donors (Lipinski definition) is 0. The van der Waals surface area contributed by atoms with Gasteiger partial charge in [-0.15, -0.1) is 0 Å². The van der Waals surface area contributed by atoms with Crippen molar-refractivity contribution in [1.82, 2.24) is 4.98 Å². The van der Waals surface area contributed by atoms with Gasteiger partial charge in [0.05, 0.1) is 23.0 Å². The Morgan fingerprint density at radius 3 is 2.28 bits per heavy atom. The first-order valence-corrected chi connectivity index (χ1v) is 9.39. The number of rotatable bonds is 1. The molecule has 5 fully saturated rings. The van der Waals surface area contributed by atoms with E-state index in [1.165, 1.54) is 11.3 Å². The lowest BCUT2D eigenvalue weighted by atomic mass is 9.59. The maximum absolute atomic E-state index is 13.2. The van der Waals surface area contributed by atoms with Gasteiger partial charge >= 0.3 is 0 Å². The topological polar surface area (TPSA) is 50.3 Å². The summed E-state index contributed by atoms with van der Waals surface area (Å²) in [6, 6.07) is 9.72. The van der Waals surface area contributed by atoms with E-state index in [1.54, 1.807) is 0 Å². The molecule has 1 aromatic heterocycles. The van der Waals surface area contributed by atoms with Crippen LogP contribution >= 0.6 is 0 Å². The molecule has 0 radical (unpaired) electrons. The highest BCUT2D eigenvalue weighted by Gasteiger charge is 2.68. The molecule has 4 nitrogen and oxygen atoms in total. The van der Waals surface area contributed by atoms with E-state index in [1.807, 2.05) is 37.3 Å². The summed E-state index contributed by atoms with van der Waals surface area (Å²) in [4.78, 5) is 32.4. The van der Waals surface area contributed by atoms with Crippen LogP contribution in [-0.4, -0.2) is 16.8 Å². The number of aryl methyl sites for hydroxylation is 1. The highest BCUT2D eigenvalue weighted by atomic mass is 16.2. The number of carbonyl (C=O) groups excluding carboxylic acids is 2. The van der Waals surface area contributed by atoms with Crippen LogP contribution in [0.2, 0.25) is 0 Å². The Labute approximate surface area is 146 Å². The lowest BCUT2D eigenvalue weighted by molar-refractivity contribution is -0.129. The number of aromatic nitrogens is 1. The highest BCUT2D eigenvalue weighted by Crippen LogP contribution is 2.68. The van der Waals surface area contributed by atoms with E-state index in [0.717, 1.165) is 47.0 Å². The molecular weight excluding hydrogens is 312 g/mol. The molecule has 126 valence electrons. The largest absolute Gasteiger partial charge is 0.274 e. The number of anilines is 1. The molecule has 2 heterocycles. The summed E-state index contributed by atoms with van der Waals surface area (Å²) >= 11 is 0. The number of benzene rings is 1. The summed E-state index contributed by atoms with van der Waals surface area (Å²) in [5.41, 5.74) is 2.59. The zero-order valence-electron chi connectivity index (χ0n) is 14.2.